The average Bonchev–Trinajstić information content (AvgIpc) is 3.29. The molecule has 0 saturated heterocycles. The highest BCUT2D eigenvalue weighted by Crippen LogP contribution is 2.47. The number of esters is 1. The van der Waals surface area contributed by atoms with E-state index < -0.39 is 11.5 Å². The summed E-state index contributed by atoms with van der Waals surface area (Å²) in [4.78, 5) is 39.8. The van der Waals surface area contributed by atoms with Crippen LogP contribution in [0.5, 0.6) is 0 Å². The number of benzene rings is 1. The van der Waals surface area contributed by atoms with Crippen molar-refractivity contribution >= 4 is 28.6 Å². The minimum Gasteiger partial charge on any atom is -0.464 e. The summed E-state index contributed by atoms with van der Waals surface area (Å²) in [7, 11) is 0. The molecule has 0 unspecified atom stereocenters. The van der Waals surface area contributed by atoms with Crippen LogP contribution in [0.15, 0.2) is 47.6 Å². The van der Waals surface area contributed by atoms with Gasteiger partial charge in [0.05, 0.1) is 12.0 Å². The third-order valence-corrected chi connectivity index (χ3v) is 7.70. The summed E-state index contributed by atoms with van der Waals surface area (Å²) in [6.07, 6.45) is 7.56. The number of nitrogens with zero attached hydrogens (tertiary/aromatic N) is 4. The van der Waals surface area contributed by atoms with Crippen molar-refractivity contribution in [3.8, 4) is 5.69 Å². The third-order valence-electron chi connectivity index (χ3n) is 7.70. The monoisotopic (exact) mass is 500 g/mol. The maximum atomic E-state index is 12.9. The molecule has 0 amide bonds. The second-order valence-corrected chi connectivity index (χ2v) is 11.3. The number of rotatable bonds is 6. The molecule has 0 bridgehead atoms. The van der Waals surface area contributed by atoms with E-state index >= 15 is 0 Å². The lowest BCUT2D eigenvalue weighted by Crippen LogP contribution is -2.52. The van der Waals surface area contributed by atoms with E-state index in [4.69, 9.17) is 14.7 Å². The van der Waals surface area contributed by atoms with Crippen molar-refractivity contribution in [2.24, 2.45) is 10.4 Å². The Morgan fingerprint density at radius 2 is 1.86 bits per heavy atom. The zero-order valence-corrected chi connectivity index (χ0v) is 22.3. The predicted octanol–water partition coefficient (Wildman–Crippen LogP) is 5.56. The van der Waals surface area contributed by atoms with E-state index in [2.05, 4.69) is 30.3 Å². The molecule has 2 aromatic heterocycles. The molecule has 0 aliphatic heterocycles. The van der Waals surface area contributed by atoms with E-state index in [9.17, 15) is 9.59 Å². The van der Waals surface area contributed by atoms with Crippen molar-refractivity contribution in [1.82, 2.24) is 14.5 Å². The van der Waals surface area contributed by atoms with Crippen molar-refractivity contribution in [1.29, 1.82) is 0 Å². The molecule has 1 atom stereocenters. The minimum atomic E-state index is -0.645. The van der Waals surface area contributed by atoms with Crippen LogP contribution in [0.1, 0.15) is 77.6 Å². The molecule has 5 rings (SSSR count). The van der Waals surface area contributed by atoms with E-state index in [-0.39, 0.29) is 17.2 Å². The first-order valence-electron chi connectivity index (χ1n) is 13.4. The van der Waals surface area contributed by atoms with Gasteiger partial charge in [-0.3, -0.25) is 14.4 Å². The smallest absolute Gasteiger partial charge is 0.331 e. The fourth-order valence-corrected chi connectivity index (χ4v) is 5.71. The van der Waals surface area contributed by atoms with Crippen molar-refractivity contribution < 1.29 is 14.3 Å². The van der Waals surface area contributed by atoms with Crippen LogP contribution in [-0.4, -0.2) is 44.6 Å². The van der Waals surface area contributed by atoms with Crippen LogP contribution in [-0.2, 0) is 26.2 Å². The van der Waals surface area contributed by atoms with Gasteiger partial charge in [-0.25, -0.2) is 14.8 Å². The number of imidazole rings is 1. The van der Waals surface area contributed by atoms with E-state index in [1.807, 2.05) is 43.3 Å². The topological polar surface area (TPSA) is 86.4 Å². The summed E-state index contributed by atoms with van der Waals surface area (Å²) in [6.45, 7) is 8.55. The molecule has 2 aliphatic carbocycles. The molecule has 2 aliphatic rings. The highest BCUT2D eigenvalue weighted by Gasteiger charge is 2.52. The SMILES string of the molecule is CCOC(=O)[C@H](Cc1ccc(-n2c(C(C)(C)C)nc3cccnc32)cc1)N=C1CC(=O)C12CCCCC2. The van der Waals surface area contributed by atoms with Crippen LogP contribution in [0.3, 0.4) is 0 Å². The van der Waals surface area contributed by atoms with E-state index in [0.717, 1.165) is 66.1 Å². The highest BCUT2D eigenvalue weighted by molar-refractivity contribution is 6.27. The van der Waals surface area contributed by atoms with Crippen LogP contribution in [0.2, 0.25) is 0 Å². The van der Waals surface area contributed by atoms with Gasteiger partial charge in [0, 0.05) is 35.9 Å². The normalized spacial score (nSPS) is 19.2. The molecular weight excluding hydrogens is 464 g/mol. The third kappa shape index (κ3) is 4.72. The fourth-order valence-electron chi connectivity index (χ4n) is 5.71. The number of carbonyl (C=O) groups excluding carboxylic acids is 2. The number of fused-ring (bicyclic) bond motifs is 1. The number of hydrogen-bond acceptors (Lipinski definition) is 6. The van der Waals surface area contributed by atoms with Crippen molar-refractivity contribution in [2.75, 3.05) is 6.61 Å². The van der Waals surface area contributed by atoms with Gasteiger partial charge in [-0.1, -0.05) is 52.2 Å². The Balaban J connectivity index is 1.44. The molecule has 0 N–H and O–H groups in total. The van der Waals surface area contributed by atoms with Crippen LogP contribution in [0.25, 0.3) is 16.9 Å². The number of Topliss-reactive ketones (excluding diaryl/α,β-unsaturated/α-hetero) is 1. The van der Waals surface area contributed by atoms with Gasteiger partial charge in [-0.15, -0.1) is 0 Å². The van der Waals surface area contributed by atoms with Gasteiger partial charge in [0.15, 0.2) is 11.7 Å². The first-order valence-corrected chi connectivity index (χ1v) is 13.4. The van der Waals surface area contributed by atoms with Crippen molar-refractivity contribution in [3.05, 3.63) is 54.0 Å². The summed E-state index contributed by atoms with van der Waals surface area (Å²) in [5.41, 5.74) is 3.96. The Hall–Kier alpha value is -3.35. The van der Waals surface area contributed by atoms with E-state index in [0.29, 0.717) is 19.4 Å². The summed E-state index contributed by atoms with van der Waals surface area (Å²) in [6, 6.07) is 11.4. The highest BCUT2D eigenvalue weighted by atomic mass is 16.5. The van der Waals surface area contributed by atoms with Crippen molar-refractivity contribution in [3.63, 3.8) is 0 Å². The average molecular weight is 501 g/mol. The molecule has 37 heavy (non-hydrogen) atoms. The summed E-state index contributed by atoms with van der Waals surface area (Å²) in [5.74, 6) is 0.898. The maximum absolute atomic E-state index is 12.9. The molecule has 0 radical (unpaired) electrons. The Morgan fingerprint density at radius 3 is 2.51 bits per heavy atom. The van der Waals surface area contributed by atoms with Crippen LogP contribution < -0.4 is 0 Å². The first-order chi connectivity index (χ1) is 17.7. The van der Waals surface area contributed by atoms with Gasteiger partial charge >= 0.3 is 5.97 Å². The van der Waals surface area contributed by atoms with Crippen molar-refractivity contribution in [2.45, 2.75) is 84.1 Å². The lowest BCUT2D eigenvalue weighted by Gasteiger charge is -2.44. The van der Waals surface area contributed by atoms with E-state index in [1.54, 1.807) is 6.20 Å². The number of pyridine rings is 1. The maximum Gasteiger partial charge on any atom is 0.331 e. The number of carbonyl (C=O) groups is 2. The first kappa shape index (κ1) is 25.3. The second kappa shape index (κ2) is 9.84. The van der Waals surface area contributed by atoms with Gasteiger partial charge in [0.25, 0.3) is 0 Å². The lowest BCUT2D eigenvalue weighted by molar-refractivity contribution is -0.144. The molecular formula is C30H36N4O3. The lowest BCUT2D eigenvalue weighted by atomic mass is 9.58. The Morgan fingerprint density at radius 1 is 1.14 bits per heavy atom. The summed E-state index contributed by atoms with van der Waals surface area (Å²) < 4.78 is 7.49. The number of hydrogen-bond donors (Lipinski definition) is 0. The standard InChI is InChI=1S/C30H36N4O3/c1-5-37-27(36)23(32-24-19-25(35)30(24)15-7-6-8-16-30)18-20-11-13-21(14-12-20)34-26-22(10-9-17-31-26)33-28(34)29(2,3)4/h9-14,17,23H,5-8,15-16,18-19H2,1-4H3/t23-/m0/s1. The molecule has 2 heterocycles. The molecule has 2 fully saturated rings. The predicted molar refractivity (Wildman–Crippen MR) is 144 cm³/mol. The number of ether oxygens (including phenoxy) is 1. The second-order valence-electron chi connectivity index (χ2n) is 11.3. The molecule has 1 aromatic carbocycles. The Bertz CT molecular complexity index is 1340. The fraction of sp³-hybridized carbons (Fsp3) is 0.500. The van der Waals surface area contributed by atoms with Crippen LogP contribution in [0, 0.1) is 5.41 Å². The molecule has 7 nitrogen and oxygen atoms in total. The zero-order chi connectivity index (χ0) is 26.2. The quantitative estimate of drug-likeness (QED) is 0.414. The molecule has 7 heteroatoms. The Labute approximate surface area is 218 Å². The number of aromatic nitrogens is 3. The molecule has 194 valence electrons. The number of ketones is 1. The molecule has 2 saturated carbocycles. The van der Waals surface area contributed by atoms with E-state index in [1.165, 1.54) is 0 Å². The summed E-state index contributed by atoms with van der Waals surface area (Å²) in [5, 5.41) is 0. The Kier molecular flexibility index (Phi) is 6.73. The molecule has 1 spiro atoms. The number of aliphatic imine (C=N–C) groups is 1. The van der Waals surface area contributed by atoms with Crippen LogP contribution in [0.4, 0.5) is 0 Å². The van der Waals surface area contributed by atoms with Gasteiger partial charge in [-0.2, -0.15) is 0 Å². The van der Waals surface area contributed by atoms with Crippen LogP contribution >= 0.6 is 0 Å². The largest absolute Gasteiger partial charge is 0.464 e. The minimum absolute atomic E-state index is 0.167. The van der Waals surface area contributed by atoms with Gasteiger partial charge in [-0.05, 0) is 49.6 Å². The van der Waals surface area contributed by atoms with Gasteiger partial charge in [0.1, 0.15) is 17.1 Å². The zero-order valence-electron chi connectivity index (χ0n) is 22.3. The molecule has 3 aromatic rings. The summed E-state index contributed by atoms with van der Waals surface area (Å²) >= 11 is 0. The van der Waals surface area contributed by atoms with Gasteiger partial charge in [0.2, 0.25) is 0 Å². The van der Waals surface area contributed by atoms with Gasteiger partial charge < -0.3 is 4.74 Å².